The predicted molar refractivity (Wildman–Crippen MR) is 113 cm³/mol. The lowest BCUT2D eigenvalue weighted by atomic mass is 9.93. The third-order valence-electron chi connectivity index (χ3n) is 4.95. The largest absolute Gasteiger partial charge is 0.459 e. The van der Waals surface area contributed by atoms with Crippen LogP contribution < -0.4 is 0 Å². The maximum Gasteiger partial charge on any atom is 0.417 e. The van der Waals surface area contributed by atoms with Gasteiger partial charge in [0.2, 0.25) is 5.91 Å². The van der Waals surface area contributed by atoms with Gasteiger partial charge in [0, 0.05) is 0 Å². The number of carbonyl (C=O) groups is 3. The molecule has 0 aromatic heterocycles. The normalized spacial score (nSPS) is 19.7. The van der Waals surface area contributed by atoms with E-state index in [9.17, 15) is 19.5 Å². The molecule has 2 unspecified atom stereocenters. The number of aliphatic hydroxyl groups excluding tert-OH is 1. The summed E-state index contributed by atoms with van der Waals surface area (Å²) in [6.07, 6.45) is -2.14. The number of hydrogen-bond donors (Lipinski definition) is 1. The molecule has 1 fully saturated rings. The fourth-order valence-corrected chi connectivity index (χ4v) is 3.48. The molecule has 0 saturated carbocycles. The van der Waals surface area contributed by atoms with E-state index in [2.05, 4.69) is 0 Å². The van der Waals surface area contributed by atoms with E-state index >= 15 is 0 Å². The van der Waals surface area contributed by atoms with E-state index in [0.717, 1.165) is 10.5 Å². The van der Waals surface area contributed by atoms with Gasteiger partial charge in [0.05, 0.1) is 12.0 Å². The van der Waals surface area contributed by atoms with Crippen molar-refractivity contribution in [3.05, 3.63) is 71.8 Å². The molecular weight excluding hydrogens is 398 g/mol. The summed E-state index contributed by atoms with van der Waals surface area (Å²) in [6.45, 7) is 5.03. The summed E-state index contributed by atoms with van der Waals surface area (Å²) in [4.78, 5) is 39.5. The van der Waals surface area contributed by atoms with Crippen molar-refractivity contribution >= 4 is 18.0 Å². The predicted octanol–water partition coefficient (Wildman–Crippen LogP) is 3.62. The van der Waals surface area contributed by atoms with Crippen LogP contribution in [0.15, 0.2) is 60.7 Å². The zero-order valence-corrected chi connectivity index (χ0v) is 17.9. The molecular formula is C24H27NO6. The summed E-state index contributed by atoms with van der Waals surface area (Å²) in [5.41, 5.74) is 0.458. The molecule has 3 atom stereocenters. The maximum atomic E-state index is 13.1. The van der Waals surface area contributed by atoms with E-state index in [1.807, 2.05) is 18.2 Å². The zero-order chi connectivity index (χ0) is 22.6. The molecule has 7 heteroatoms. The molecule has 1 aliphatic heterocycles. The van der Waals surface area contributed by atoms with Crippen molar-refractivity contribution in [1.82, 2.24) is 4.90 Å². The number of nitrogens with zero attached hydrogens (tertiary/aromatic N) is 1. The van der Waals surface area contributed by atoms with Crippen molar-refractivity contribution in [3.63, 3.8) is 0 Å². The molecule has 0 aliphatic carbocycles. The molecule has 2 aromatic rings. The number of carbonyl (C=O) groups excluding carboxylic acids is 3. The lowest BCUT2D eigenvalue weighted by molar-refractivity contribution is -0.152. The molecule has 0 radical (unpaired) electrons. The summed E-state index contributed by atoms with van der Waals surface area (Å²) >= 11 is 0. The molecule has 1 aliphatic rings. The molecule has 0 spiro atoms. The Morgan fingerprint density at radius 1 is 1.06 bits per heavy atom. The monoisotopic (exact) mass is 425 g/mol. The highest BCUT2D eigenvalue weighted by atomic mass is 16.6. The Hall–Kier alpha value is -3.19. The van der Waals surface area contributed by atoms with Crippen LogP contribution in [-0.2, 0) is 25.7 Å². The topological polar surface area (TPSA) is 93.1 Å². The van der Waals surface area contributed by atoms with E-state index in [0.29, 0.717) is 5.56 Å². The highest BCUT2D eigenvalue weighted by Crippen LogP contribution is 2.36. The Balaban J connectivity index is 1.82. The number of hydrogen-bond acceptors (Lipinski definition) is 6. The highest BCUT2D eigenvalue weighted by molar-refractivity contribution is 6.01. The van der Waals surface area contributed by atoms with Crippen LogP contribution in [-0.4, -0.2) is 39.6 Å². The lowest BCUT2D eigenvalue weighted by Gasteiger charge is -2.26. The molecule has 7 nitrogen and oxygen atoms in total. The first-order chi connectivity index (χ1) is 14.7. The molecule has 1 saturated heterocycles. The Morgan fingerprint density at radius 2 is 1.65 bits per heavy atom. The number of amides is 2. The standard InChI is InChI=1S/C24H27NO6/c1-24(2,3)31-23(29)25-19(22(28)30-15-16-10-6-4-7-11-16)14-18(21(25)27)20(26)17-12-8-5-9-13-17/h4-13,18-20,26H,14-15H2,1-3H3/t18?,19-,20?/m0/s1. The number of rotatable bonds is 5. The van der Waals surface area contributed by atoms with Gasteiger partial charge < -0.3 is 14.6 Å². The van der Waals surface area contributed by atoms with E-state index in [4.69, 9.17) is 9.47 Å². The Kier molecular flexibility index (Phi) is 6.75. The molecule has 164 valence electrons. The van der Waals surface area contributed by atoms with Crippen molar-refractivity contribution < 1.29 is 29.0 Å². The third-order valence-corrected chi connectivity index (χ3v) is 4.95. The summed E-state index contributed by atoms with van der Waals surface area (Å²) in [7, 11) is 0. The minimum Gasteiger partial charge on any atom is -0.459 e. The second-order valence-corrected chi connectivity index (χ2v) is 8.50. The summed E-state index contributed by atoms with van der Waals surface area (Å²) in [6, 6.07) is 16.6. The Morgan fingerprint density at radius 3 is 2.23 bits per heavy atom. The van der Waals surface area contributed by atoms with Crippen molar-refractivity contribution in [3.8, 4) is 0 Å². The van der Waals surface area contributed by atoms with Gasteiger partial charge in [-0.3, -0.25) is 4.79 Å². The Labute approximate surface area is 181 Å². The number of likely N-dealkylation sites (tertiary alicyclic amines) is 1. The van der Waals surface area contributed by atoms with Crippen molar-refractivity contribution in [1.29, 1.82) is 0 Å². The average Bonchev–Trinajstić information content (AvgIpc) is 3.09. The van der Waals surface area contributed by atoms with Crippen LogP contribution in [0.3, 0.4) is 0 Å². The van der Waals surface area contributed by atoms with Gasteiger partial charge in [-0.15, -0.1) is 0 Å². The molecule has 1 heterocycles. The highest BCUT2D eigenvalue weighted by Gasteiger charge is 2.51. The molecule has 1 N–H and O–H groups in total. The SMILES string of the molecule is CC(C)(C)OC(=O)N1C(=O)C(C(O)c2ccccc2)C[C@H]1C(=O)OCc1ccccc1. The summed E-state index contributed by atoms with van der Waals surface area (Å²) < 4.78 is 10.7. The number of imide groups is 1. The van der Waals surface area contributed by atoms with Gasteiger partial charge in [0.1, 0.15) is 18.2 Å². The Bertz CT molecular complexity index is 922. The van der Waals surface area contributed by atoms with Gasteiger partial charge in [0.25, 0.3) is 0 Å². The quantitative estimate of drug-likeness (QED) is 0.736. The minimum absolute atomic E-state index is 0.0123. The third kappa shape index (κ3) is 5.49. The molecule has 2 amide bonds. The second kappa shape index (κ2) is 9.31. The summed E-state index contributed by atoms with van der Waals surface area (Å²) in [5.74, 6) is -2.35. The number of aliphatic hydroxyl groups is 1. The fourth-order valence-electron chi connectivity index (χ4n) is 3.48. The lowest BCUT2D eigenvalue weighted by Crippen LogP contribution is -2.46. The fraction of sp³-hybridized carbons (Fsp3) is 0.375. The van der Waals surface area contributed by atoms with E-state index in [1.54, 1.807) is 63.2 Å². The smallest absolute Gasteiger partial charge is 0.417 e. The first-order valence-electron chi connectivity index (χ1n) is 10.2. The van der Waals surface area contributed by atoms with Crippen LogP contribution in [0.5, 0.6) is 0 Å². The van der Waals surface area contributed by atoms with Gasteiger partial charge in [-0.1, -0.05) is 60.7 Å². The zero-order valence-electron chi connectivity index (χ0n) is 17.9. The van der Waals surface area contributed by atoms with Gasteiger partial charge in [-0.2, -0.15) is 0 Å². The molecule has 31 heavy (non-hydrogen) atoms. The van der Waals surface area contributed by atoms with Crippen LogP contribution >= 0.6 is 0 Å². The van der Waals surface area contributed by atoms with Crippen LogP contribution in [0.25, 0.3) is 0 Å². The van der Waals surface area contributed by atoms with Crippen LogP contribution in [0.1, 0.15) is 44.4 Å². The van der Waals surface area contributed by atoms with Gasteiger partial charge >= 0.3 is 12.1 Å². The second-order valence-electron chi connectivity index (χ2n) is 8.50. The van der Waals surface area contributed by atoms with E-state index in [-0.39, 0.29) is 13.0 Å². The maximum absolute atomic E-state index is 13.1. The molecule has 3 rings (SSSR count). The van der Waals surface area contributed by atoms with E-state index < -0.39 is 41.6 Å². The van der Waals surface area contributed by atoms with Gasteiger partial charge in [0.15, 0.2) is 0 Å². The van der Waals surface area contributed by atoms with E-state index in [1.165, 1.54) is 0 Å². The first kappa shape index (κ1) is 22.5. The minimum atomic E-state index is -1.17. The van der Waals surface area contributed by atoms with Crippen LogP contribution in [0.4, 0.5) is 4.79 Å². The number of esters is 1. The first-order valence-corrected chi connectivity index (χ1v) is 10.2. The molecule has 0 bridgehead atoms. The number of benzene rings is 2. The summed E-state index contributed by atoms with van der Waals surface area (Å²) in [5, 5.41) is 10.8. The van der Waals surface area contributed by atoms with Gasteiger partial charge in [-0.25, -0.2) is 14.5 Å². The molecule has 2 aromatic carbocycles. The van der Waals surface area contributed by atoms with Gasteiger partial charge in [-0.05, 0) is 38.3 Å². The number of ether oxygens (including phenoxy) is 2. The van der Waals surface area contributed by atoms with Crippen molar-refractivity contribution in [2.45, 2.75) is 51.5 Å². The van der Waals surface area contributed by atoms with Crippen LogP contribution in [0, 0.1) is 5.92 Å². The van der Waals surface area contributed by atoms with Crippen molar-refractivity contribution in [2.24, 2.45) is 5.92 Å². The average molecular weight is 425 g/mol. The van der Waals surface area contributed by atoms with Crippen molar-refractivity contribution in [2.75, 3.05) is 0 Å². The van der Waals surface area contributed by atoms with Crippen LogP contribution in [0.2, 0.25) is 0 Å².